The Morgan fingerprint density at radius 3 is 2.95 bits per heavy atom. The van der Waals surface area contributed by atoms with Gasteiger partial charge in [0, 0.05) is 24.7 Å². The molecule has 1 N–H and O–H groups in total. The second kappa shape index (κ2) is 4.08. The number of fused-ring (bicyclic) bond motifs is 1. The molecule has 0 bridgehead atoms. The van der Waals surface area contributed by atoms with E-state index in [-0.39, 0.29) is 6.04 Å². The van der Waals surface area contributed by atoms with Gasteiger partial charge in [-0.3, -0.25) is 4.98 Å². The van der Waals surface area contributed by atoms with Crippen LogP contribution in [0.2, 0.25) is 0 Å². The molecular formula is C15H18N4. The number of hydrogen-bond donors (Lipinski definition) is 1. The van der Waals surface area contributed by atoms with Gasteiger partial charge in [0.05, 0.1) is 17.4 Å². The van der Waals surface area contributed by atoms with Crippen molar-refractivity contribution in [1.82, 2.24) is 14.8 Å². The van der Waals surface area contributed by atoms with Gasteiger partial charge in [0.2, 0.25) is 0 Å². The molecule has 2 aromatic heterocycles. The van der Waals surface area contributed by atoms with Gasteiger partial charge in [-0.15, -0.1) is 0 Å². The summed E-state index contributed by atoms with van der Waals surface area (Å²) in [7, 11) is 0. The molecule has 0 saturated heterocycles. The fraction of sp³-hybridized carbons (Fsp3) is 0.467. The Bertz CT molecular complexity index is 589. The van der Waals surface area contributed by atoms with Gasteiger partial charge in [-0.2, -0.15) is 5.10 Å². The highest BCUT2D eigenvalue weighted by Crippen LogP contribution is 2.47. The van der Waals surface area contributed by atoms with Gasteiger partial charge in [-0.25, -0.2) is 4.68 Å². The highest BCUT2D eigenvalue weighted by molar-refractivity contribution is 5.42. The third-order valence-corrected chi connectivity index (χ3v) is 4.29. The summed E-state index contributed by atoms with van der Waals surface area (Å²) in [4.78, 5) is 4.50. The average Bonchev–Trinajstić information content (AvgIpc) is 3.02. The van der Waals surface area contributed by atoms with E-state index in [1.807, 2.05) is 12.3 Å². The first-order chi connectivity index (χ1) is 9.33. The van der Waals surface area contributed by atoms with Gasteiger partial charge >= 0.3 is 0 Å². The Labute approximate surface area is 112 Å². The van der Waals surface area contributed by atoms with Crippen LogP contribution in [0.1, 0.15) is 43.1 Å². The molecule has 4 heteroatoms. The Morgan fingerprint density at radius 1 is 1.32 bits per heavy atom. The van der Waals surface area contributed by atoms with Crippen LogP contribution in [0.4, 0.5) is 5.82 Å². The van der Waals surface area contributed by atoms with E-state index in [1.54, 1.807) is 0 Å². The van der Waals surface area contributed by atoms with Gasteiger partial charge in [-0.1, -0.05) is 13.0 Å². The molecule has 2 aromatic rings. The number of nitrogens with one attached hydrogen (secondary N) is 1. The summed E-state index contributed by atoms with van der Waals surface area (Å²) in [6.45, 7) is 3.29. The lowest BCUT2D eigenvalue weighted by Crippen LogP contribution is -2.24. The van der Waals surface area contributed by atoms with Gasteiger partial charge in [0.25, 0.3) is 0 Å². The Hall–Kier alpha value is -1.84. The van der Waals surface area contributed by atoms with E-state index in [9.17, 15) is 0 Å². The third kappa shape index (κ3) is 1.82. The molecule has 98 valence electrons. The first-order valence-corrected chi connectivity index (χ1v) is 7.07. The van der Waals surface area contributed by atoms with Crippen LogP contribution in [0, 0.1) is 5.92 Å². The van der Waals surface area contributed by atoms with Crippen molar-refractivity contribution in [2.24, 2.45) is 5.92 Å². The first-order valence-electron chi connectivity index (χ1n) is 7.07. The molecule has 0 aromatic carbocycles. The summed E-state index contributed by atoms with van der Waals surface area (Å²) in [6.07, 6.45) is 4.19. The molecule has 3 heterocycles. The van der Waals surface area contributed by atoms with Crippen LogP contribution in [0.5, 0.6) is 0 Å². The van der Waals surface area contributed by atoms with Crippen molar-refractivity contribution in [3.63, 3.8) is 0 Å². The molecule has 4 rings (SSSR count). The van der Waals surface area contributed by atoms with E-state index in [1.165, 1.54) is 12.1 Å². The summed E-state index contributed by atoms with van der Waals surface area (Å²) < 4.78 is 2.13. The molecule has 4 nitrogen and oxygen atoms in total. The van der Waals surface area contributed by atoms with Crippen LogP contribution in [-0.4, -0.2) is 21.3 Å². The van der Waals surface area contributed by atoms with Crippen molar-refractivity contribution < 1.29 is 0 Å². The molecule has 0 amide bonds. The Kier molecular flexibility index (Phi) is 2.37. The third-order valence-electron chi connectivity index (χ3n) is 4.29. The number of pyridine rings is 1. The van der Waals surface area contributed by atoms with Crippen molar-refractivity contribution in [2.75, 3.05) is 11.9 Å². The van der Waals surface area contributed by atoms with Gasteiger partial charge in [-0.05, 0) is 30.9 Å². The highest BCUT2D eigenvalue weighted by atomic mass is 15.4. The maximum Gasteiger partial charge on any atom is 0.125 e. The molecule has 0 radical (unpaired) electrons. The summed E-state index contributed by atoms with van der Waals surface area (Å²) in [5, 5.41) is 8.29. The Balaban J connectivity index is 1.72. The lowest BCUT2D eigenvalue weighted by molar-refractivity contribution is 0.468. The van der Waals surface area contributed by atoms with Crippen LogP contribution in [0.25, 0.3) is 0 Å². The van der Waals surface area contributed by atoms with Gasteiger partial charge in [0.1, 0.15) is 5.82 Å². The van der Waals surface area contributed by atoms with Crippen molar-refractivity contribution in [2.45, 2.75) is 31.7 Å². The summed E-state index contributed by atoms with van der Waals surface area (Å²) >= 11 is 0. The molecule has 1 aliphatic heterocycles. The molecule has 3 unspecified atom stereocenters. The smallest absolute Gasteiger partial charge is 0.125 e. The van der Waals surface area contributed by atoms with Crippen LogP contribution in [0.3, 0.4) is 0 Å². The molecule has 2 aliphatic rings. The lowest BCUT2D eigenvalue weighted by atomic mass is 10.1. The monoisotopic (exact) mass is 254 g/mol. The largest absolute Gasteiger partial charge is 0.370 e. The average molecular weight is 254 g/mol. The van der Waals surface area contributed by atoms with Crippen molar-refractivity contribution in [3.8, 4) is 0 Å². The van der Waals surface area contributed by atoms with Crippen LogP contribution >= 0.6 is 0 Å². The van der Waals surface area contributed by atoms with Gasteiger partial charge in [0.15, 0.2) is 0 Å². The minimum atomic E-state index is 0.278. The molecule has 1 saturated carbocycles. The zero-order valence-electron chi connectivity index (χ0n) is 11.1. The highest BCUT2D eigenvalue weighted by Gasteiger charge is 2.37. The number of aromatic nitrogens is 3. The number of rotatable bonds is 2. The maximum absolute atomic E-state index is 4.84. The first kappa shape index (κ1) is 11.0. The standard InChI is InChI=1S/C15H18N4/c1-10-8-11(10)13-9-15-17-7-5-14(19(15)18-13)12-4-2-3-6-16-12/h2-4,6,9-11,14,17H,5,7-8H2,1H3. The molecule has 3 atom stereocenters. The van der Waals surface area contributed by atoms with E-state index in [2.05, 4.69) is 40.1 Å². The second-order valence-corrected chi connectivity index (χ2v) is 5.70. The molecule has 19 heavy (non-hydrogen) atoms. The minimum absolute atomic E-state index is 0.278. The second-order valence-electron chi connectivity index (χ2n) is 5.70. The van der Waals surface area contributed by atoms with Crippen LogP contribution < -0.4 is 5.32 Å². The van der Waals surface area contributed by atoms with Crippen LogP contribution in [0.15, 0.2) is 30.5 Å². The number of anilines is 1. The topological polar surface area (TPSA) is 42.7 Å². The Morgan fingerprint density at radius 2 is 2.21 bits per heavy atom. The summed E-state index contributed by atoms with van der Waals surface area (Å²) in [5.74, 6) is 2.62. The fourth-order valence-corrected chi connectivity index (χ4v) is 3.00. The SMILES string of the molecule is CC1CC1c1cc2n(n1)C(c1ccccn1)CCN2. The molecule has 0 spiro atoms. The van der Waals surface area contributed by atoms with E-state index < -0.39 is 0 Å². The zero-order chi connectivity index (χ0) is 12.8. The van der Waals surface area contributed by atoms with E-state index in [0.29, 0.717) is 5.92 Å². The predicted octanol–water partition coefficient (Wildman–Crippen LogP) is 2.81. The summed E-state index contributed by atoms with van der Waals surface area (Å²) in [6, 6.07) is 8.62. The lowest BCUT2D eigenvalue weighted by Gasteiger charge is -2.25. The van der Waals surface area contributed by atoms with Gasteiger partial charge < -0.3 is 5.32 Å². The summed E-state index contributed by atoms with van der Waals surface area (Å²) in [5.41, 5.74) is 2.36. The minimum Gasteiger partial charge on any atom is -0.370 e. The quantitative estimate of drug-likeness (QED) is 0.896. The normalized spacial score (nSPS) is 28.6. The van der Waals surface area contributed by atoms with E-state index >= 15 is 0 Å². The number of hydrogen-bond acceptors (Lipinski definition) is 3. The predicted molar refractivity (Wildman–Crippen MR) is 74.2 cm³/mol. The van der Waals surface area contributed by atoms with Crippen molar-refractivity contribution in [3.05, 3.63) is 41.9 Å². The molecule has 1 fully saturated rings. The fourth-order valence-electron chi connectivity index (χ4n) is 3.00. The van der Waals surface area contributed by atoms with E-state index in [0.717, 1.165) is 30.4 Å². The molecular weight excluding hydrogens is 236 g/mol. The van der Waals surface area contributed by atoms with Crippen molar-refractivity contribution >= 4 is 5.82 Å². The molecule has 1 aliphatic carbocycles. The zero-order valence-corrected chi connectivity index (χ0v) is 11.1. The van der Waals surface area contributed by atoms with Crippen molar-refractivity contribution in [1.29, 1.82) is 0 Å². The van der Waals surface area contributed by atoms with Crippen LogP contribution in [-0.2, 0) is 0 Å². The van der Waals surface area contributed by atoms with E-state index in [4.69, 9.17) is 5.10 Å². The maximum atomic E-state index is 4.84. The number of nitrogens with zero attached hydrogens (tertiary/aromatic N) is 3.